The van der Waals surface area contributed by atoms with Crippen molar-refractivity contribution >= 4 is 28.1 Å². The van der Waals surface area contributed by atoms with Crippen molar-refractivity contribution in [3.63, 3.8) is 0 Å². The molecule has 37 heavy (non-hydrogen) atoms. The summed E-state index contributed by atoms with van der Waals surface area (Å²) < 4.78 is 13.6. The number of fused-ring (bicyclic) bond motifs is 5. The van der Waals surface area contributed by atoms with Gasteiger partial charge in [0.25, 0.3) is 0 Å². The Labute approximate surface area is 227 Å². The zero-order chi connectivity index (χ0) is 27.2. The van der Waals surface area contributed by atoms with Gasteiger partial charge in [-0.25, -0.2) is 0 Å². The molecule has 0 aromatic rings. The number of hydrogen-bond acceptors (Lipinski definition) is 6. The quantitative estimate of drug-likeness (QED) is 0.182. The first-order valence-corrected chi connectivity index (χ1v) is 21.3. The second kappa shape index (κ2) is 10.5. The second-order valence-corrected chi connectivity index (χ2v) is 23.4. The van der Waals surface area contributed by atoms with Crippen molar-refractivity contribution in [3.8, 4) is 0 Å². The lowest BCUT2D eigenvalue weighted by molar-refractivity contribution is -0.114. The summed E-state index contributed by atoms with van der Waals surface area (Å²) in [4.78, 5) is 10.6. The van der Waals surface area contributed by atoms with E-state index < -0.39 is 16.6 Å². The Kier molecular flexibility index (Phi) is 8.27. The van der Waals surface area contributed by atoms with Gasteiger partial charge in [-0.3, -0.25) is 0 Å². The van der Waals surface area contributed by atoms with Crippen LogP contribution in [0.3, 0.4) is 0 Å². The van der Waals surface area contributed by atoms with Crippen LogP contribution in [0.25, 0.3) is 0 Å². The van der Waals surface area contributed by atoms with Crippen LogP contribution in [0, 0.1) is 34.5 Å². The Morgan fingerprint density at radius 2 is 1.70 bits per heavy atom. The lowest BCUT2D eigenvalue weighted by atomic mass is 9.46. The fourth-order valence-corrected chi connectivity index (χ4v) is 10.3. The van der Waals surface area contributed by atoms with E-state index in [2.05, 4.69) is 69.5 Å². The average Bonchev–Trinajstić information content (AvgIpc) is 3.11. The zero-order valence-corrected chi connectivity index (χ0v) is 27.1. The van der Waals surface area contributed by atoms with Crippen LogP contribution in [0.5, 0.6) is 0 Å². The van der Waals surface area contributed by atoms with E-state index in [1.54, 1.807) is 19.8 Å². The summed E-state index contributed by atoms with van der Waals surface area (Å²) in [5.41, 5.74) is 4.11. The van der Waals surface area contributed by atoms with Gasteiger partial charge in [0.2, 0.25) is 0 Å². The van der Waals surface area contributed by atoms with E-state index in [-0.39, 0.29) is 16.9 Å². The Morgan fingerprint density at radius 1 is 0.973 bits per heavy atom. The maximum Gasteiger partial charge on any atom is 0.184 e. The Hall–Kier alpha value is -0.966. The second-order valence-electron chi connectivity index (χ2n) is 14.5. The first-order chi connectivity index (χ1) is 17.2. The summed E-state index contributed by atoms with van der Waals surface area (Å²) in [7, 11) is -0.0849. The van der Waals surface area contributed by atoms with Gasteiger partial charge in [-0.1, -0.05) is 29.7 Å². The SMILES string of the molecule is CON=C1C=C2CCC3C(C(O[Si](C)(C)C)CC4(C)C(C(CO[Si](C)(C)C)=NOC)CCC34)C2(C)CC1. The van der Waals surface area contributed by atoms with Gasteiger partial charge >= 0.3 is 0 Å². The van der Waals surface area contributed by atoms with Gasteiger partial charge in [0.15, 0.2) is 16.6 Å². The maximum absolute atomic E-state index is 7.17. The largest absolute Gasteiger partial charge is 0.414 e. The molecule has 7 unspecified atom stereocenters. The summed E-state index contributed by atoms with van der Waals surface area (Å²) >= 11 is 0. The minimum Gasteiger partial charge on any atom is -0.414 e. The number of hydrogen-bond donors (Lipinski definition) is 0. The summed E-state index contributed by atoms with van der Waals surface area (Å²) in [5, 5.41) is 8.92. The molecule has 4 rings (SSSR count). The molecular formula is C29H52N2O4Si2. The molecule has 8 heteroatoms. The fraction of sp³-hybridized carbons (Fsp3) is 0.862. The topological polar surface area (TPSA) is 61.6 Å². The van der Waals surface area contributed by atoms with Crippen LogP contribution in [0.1, 0.15) is 58.8 Å². The molecule has 0 aromatic carbocycles. The molecular weight excluding hydrogens is 497 g/mol. The highest BCUT2D eigenvalue weighted by molar-refractivity contribution is 6.70. The van der Waals surface area contributed by atoms with Crippen LogP contribution in [-0.2, 0) is 18.5 Å². The van der Waals surface area contributed by atoms with Gasteiger partial charge in [-0.2, -0.15) is 0 Å². The van der Waals surface area contributed by atoms with Crippen molar-refractivity contribution in [1.29, 1.82) is 0 Å². The van der Waals surface area contributed by atoms with Gasteiger partial charge in [0.1, 0.15) is 14.2 Å². The molecule has 3 saturated carbocycles. The van der Waals surface area contributed by atoms with Crippen LogP contribution in [0.2, 0.25) is 39.3 Å². The smallest absolute Gasteiger partial charge is 0.184 e. The van der Waals surface area contributed by atoms with Crippen molar-refractivity contribution in [1.82, 2.24) is 0 Å². The highest BCUT2D eigenvalue weighted by Gasteiger charge is 2.63. The predicted molar refractivity (Wildman–Crippen MR) is 157 cm³/mol. The highest BCUT2D eigenvalue weighted by atomic mass is 28.4. The van der Waals surface area contributed by atoms with Crippen LogP contribution < -0.4 is 0 Å². The van der Waals surface area contributed by atoms with E-state index in [9.17, 15) is 0 Å². The van der Waals surface area contributed by atoms with Crippen molar-refractivity contribution in [3.05, 3.63) is 11.6 Å². The van der Waals surface area contributed by atoms with E-state index in [1.165, 1.54) is 19.3 Å². The van der Waals surface area contributed by atoms with Crippen LogP contribution in [0.4, 0.5) is 0 Å². The van der Waals surface area contributed by atoms with Gasteiger partial charge in [-0.05, 0) is 119 Å². The van der Waals surface area contributed by atoms with E-state index in [0.717, 1.165) is 37.1 Å². The zero-order valence-electron chi connectivity index (χ0n) is 25.1. The molecule has 0 bridgehead atoms. The summed E-state index contributed by atoms with van der Waals surface area (Å²) in [6.07, 6.45) is 10.7. The Balaban J connectivity index is 1.71. The molecule has 0 aliphatic heterocycles. The molecule has 0 N–H and O–H groups in total. The molecule has 3 fully saturated rings. The van der Waals surface area contributed by atoms with E-state index in [0.29, 0.717) is 30.3 Å². The van der Waals surface area contributed by atoms with E-state index in [4.69, 9.17) is 18.5 Å². The summed E-state index contributed by atoms with van der Waals surface area (Å²) in [5.74, 6) is 2.31. The molecule has 0 heterocycles. The van der Waals surface area contributed by atoms with Crippen molar-refractivity contribution in [2.24, 2.45) is 44.8 Å². The van der Waals surface area contributed by atoms with Crippen molar-refractivity contribution < 1.29 is 18.5 Å². The highest BCUT2D eigenvalue weighted by Crippen LogP contribution is 2.67. The van der Waals surface area contributed by atoms with Crippen LogP contribution >= 0.6 is 0 Å². The number of oxime groups is 2. The van der Waals surface area contributed by atoms with Crippen LogP contribution in [0.15, 0.2) is 22.0 Å². The molecule has 0 radical (unpaired) electrons. The fourth-order valence-electron chi connectivity index (χ4n) is 8.56. The molecule has 7 atom stereocenters. The number of rotatable bonds is 8. The molecule has 4 aliphatic carbocycles. The third-order valence-electron chi connectivity index (χ3n) is 9.86. The molecule has 210 valence electrons. The first kappa shape index (κ1) is 29.0. The van der Waals surface area contributed by atoms with E-state index >= 15 is 0 Å². The Morgan fingerprint density at radius 3 is 2.32 bits per heavy atom. The van der Waals surface area contributed by atoms with E-state index in [1.807, 2.05) is 0 Å². The third kappa shape index (κ3) is 5.82. The minimum atomic E-state index is -1.76. The number of nitrogens with zero attached hydrogens (tertiary/aromatic N) is 2. The van der Waals surface area contributed by atoms with Gasteiger partial charge in [0.05, 0.1) is 18.0 Å². The average molecular weight is 549 g/mol. The monoisotopic (exact) mass is 548 g/mol. The lowest BCUT2D eigenvalue weighted by Gasteiger charge is -2.61. The first-order valence-electron chi connectivity index (χ1n) is 14.4. The van der Waals surface area contributed by atoms with Gasteiger partial charge < -0.3 is 18.5 Å². The Bertz CT molecular complexity index is 937. The maximum atomic E-state index is 7.17. The summed E-state index contributed by atoms with van der Waals surface area (Å²) in [6, 6.07) is 0. The van der Waals surface area contributed by atoms with Crippen molar-refractivity contribution in [2.45, 2.75) is 104 Å². The molecule has 0 spiro atoms. The molecule has 0 amide bonds. The van der Waals surface area contributed by atoms with Crippen molar-refractivity contribution in [2.75, 3.05) is 20.8 Å². The van der Waals surface area contributed by atoms with Crippen LogP contribution in [-0.4, -0.2) is 55.0 Å². The number of allylic oxidation sites excluding steroid dienone is 2. The normalized spacial score (nSPS) is 39.5. The standard InChI is InChI=1S/C29H52N2O4Si2/c1-28-16-15-21(30-32-3)17-20(28)11-12-22-23-13-14-24(25(31-33-4)19-34-36(5,6)7)29(23,2)18-26(27(22)28)35-37(8,9)10/h17,22-24,26-27H,11-16,18-19H2,1-10H3. The lowest BCUT2D eigenvalue weighted by Crippen LogP contribution is -2.59. The van der Waals surface area contributed by atoms with Gasteiger partial charge in [0, 0.05) is 12.0 Å². The molecule has 0 saturated heterocycles. The third-order valence-corrected chi connectivity index (χ3v) is 11.9. The molecule has 4 aliphatic rings. The summed E-state index contributed by atoms with van der Waals surface area (Å²) in [6.45, 7) is 19.5. The minimum absolute atomic E-state index is 0.153. The molecule has 6 nitrogen and oxygen atoms in total. The predicted octanol–water partition coefficient (Wildman–Crippen LogP) is 7.25. The van der Waals surface area contributed by atoms with Gasteiger partial charge in [-0.15, -0.1) is 0 Å². The molecule has 0 aromatic heterocycles.